The molecule has 0 bridgehead atoms. The van der Waals surface area contributed by atoms with Gasteiger partial charge in [-0.25, -0.2) is 0 Å². The molecule has 0 aromatic rings. The predicted octanol–water partition coefficient (Wildman–Crippen LogP) is -0.0989. The van der Waals surface area contributed by atoms with Crippen LogP contribution in [-0.4, -0.2) is 72.7 Å². The highest BCUT2D eigenvalue weighted by atomic mass is 16.3. The molecule has 0 saturated carbocycles. The Labute approximate surface area is 110 Å². The summed E-state index contributed by atoms with van der Waals surface area (Å²) in [6, 6.07) is 0.313. The maximum absolute atomic E-state index is 11.8. The van der Waals surface area contributed by atoms with E-state index in [4.69, 9.17) is 5.11 Å². The SMILES string of the molecule is CCC(CC)NC(=O)CN1CCN(CCO)CC1. The molecule has 0 spiro atoms. The molecule has 1 fully saturated rings. The van der Waals surface area contributed by atoms with E-state index in [-0.39, 0.29) is 12.5 Å². The number of hydrogen-bond acceptors (Lipinski definition) is 4. The second kappa shape index (κ2) is 8.45. The predicted molar refractivity (Wildman–Crippen MR) is 72.5 cm³/mol. The van der Waals surface area contributed by atoms with Crippen molar-refractivity contribution in [3.8, 4) is 0 Å². The van der Waals surface area contributed by atoms with Gasteiger partial charge in [0.2, 0.25) is 5.91 Å². The highest BCUT2D eigenvalue weighted by molar-refractivity contribution is 5.78. The van der Waals surface area contributed by atoms with Crippen LogP contribution >= 0.6 is 0 Å². The summed E-state index contributed by atoms with van der Waals surface area (Å²) in [5.41, 5.74) is 0. The Morgan fingerprint density at radius 3 is 2.22 bits per heavy atom. The summed E-state index contributed by atoms with van der Waals surface area (Å²) in [6.07, 6.45) is 1.99. The van der Waals surface area contributed by atoms with Crippen LogP contribution in [0.15, 0.2) is 0 Å². The molecule has 1 aliphatic rings. The van der Waals surface area contributed by atoms with Crippen molar-refractivity contribution in [3.63, 3.8) is 0 Å². The van der Waals surface area contributed by atoms with Gasteiger partial charge in [0.15, 0.2) is 0 Å². The molecule has 1 amide bonds. The van der Waals surface area contributed by atoms with Crippen molar-refractivity contribution in [1.29, 1.82) is 0 Å². The van der Waals surface area contributed by atoms with Crippen LogP contribution in [0.3, 0.4) is 0 Å². The van der Waals surface area contributed by atoms with Gasteiger partial charge in [-0.05, 0) is 12.8 Å². The number of aliphatic hydroxyl groups excluding tert-OH is 1. The molecule has 18 heavy (non-hydrogen) atoms. The number of amides is 1. The summed E-state index contributed by atoms with van der Waals surface area (Å²) in [5, 5.41) is 11.9. The topological polar surface area (TPSA) is 55.8 Å². The Hall–Kier alpha value is -0.650. The molecule has 1 rings (SSSR count). The second-order valence-electron chi connectivity index (χ2n) is 4.92. The third-order valence-corrected chi connectivity index (χ3v) is 3.60. The maximum atomic E-state index is 11.8. The third-order valence-electron chi connectivity index (χ3n) is 3.60. The molecule has 0 aliphatic carbocycles. The van der Waals surface area contributed by atoms with Gasteiger partial charge in [-0.1, -0.05) is 13.8 Å². The van der Waals surface area contributed by atoms with E-state index in [0.29, 0.717) is 12.6 Å². The third kappa shape index (κ3) is 5.33. The van der Waals surface area contributed by atoms with E-state index < -0.39 is 0 Å². The first-order valence-electron chi connectivity index (χ1n) is 7.04. The molecule has 1 aliphatic heterocycles. The summed E-state index contributed by atoms with van der Waals surface area (Å²) in [7, 11) is 0. The van der Waals surface area contributed by atoms with Gasteiger partial charge in [-0.3, -0.25) is 14.6 Å². The molecule has 0 radical (unpaired) electrons. The zero-order valence-electron chi connectivity index (χ0n) is 11.7. The number of β-amino-alcohol motifs (C(OH)–C–C–N with tert-alkyl or cyclic N) is 1. The van der Waals surface area contributed by atoms with E-state index in [1.165, 1.54) is 0 Å². The molecule has 106 valence electrons. The molecule has 0 aromatic carbocycles. The van der Waals surface area contributed by atoms with Crippen LogP contribution in [-0.2, 0) is 4.79 Å². The smallest absolute Gasteiger partial charge is 0.234 e. The lowest BCUT2D eigenvalue weighted by Crippen LogP contribution is -2.50. The standard InChI is InChI=1S/C13H27N3O2/c1-3-12(4-2)14-13(18)11-16-7-5-15(6-8-16)9-10-17/h12,17H,3-11H2,1-2H3,(H,14,18). The first kappa shape index (κ1) is 15.4. The van der Waals surface area contributed by atoms with E-state index >= 15 is 0 Å². The number of rotatable bonds is 7. The molecule has 5 nitrogen and oxygen atoms in total. The number of carbonyl (C=O) groups excluding carboxylic acids is 1. The van der Waals surface area contributed by atoms with Crippen molar-refractivity contribution >= 4 is 5.91 Å². The average molecular weight is 257 g/mol. The first-order valence-corrected chi connectivity index (χ1v) is 7.04. The van der Waals surface area contributed by atoms with Gasteiger partial charge in [0.1, 0.15) is 0 Å². The van der Waals surface area contributed by atoms with Crippen LogP contribution < -0.4 is 5.32 Å². The summed E-state index contributed by atoms with van der Waals surface area (Å²) in [5.74, 6) is 0.138. The Morgan fingerprint density at radius 2 is 1.72 bits per heavy atom. The van der Waals surface area contributed by atoms with Gasteiger partial charge in [-0.15, -0.1) is 0 Å². The van der Waals surface area contributed by atoms with Crippen molar-refractivity contribution in [2.24, 2.45) is 0 Å². The minimum atomic E-state index is 0.138. The summed E-state index contributed by atoms with van der Waals surface area (Å²) in [6.45, 7) is 9.38. The van der Waals surface area contributed by atoms with Gasteiger partial charge in [0, 0.05) is 38.8 Å². The molecule has 0 atom stereocenters. The molecular weight excluding hydrogens is 230 g/mol. The van der Waals surface area contributed by atoms with Gasteiger partial charge in [0.25, 0.3) is 0 Å². The second-order valence-corrected chi connectivity index (χ2v) is 4.92. The summed E-state index contributed by atoms with van der Waals surface area (Å²) < 4.78 is 0. The quantitative estimate of drug-likeness (QED) is 0.669. The highest BCUT2D eigenvalue weighted by Gasteiger charge is 2.19. The Balaban J connectivity index is 2.21. The van der Waals surface area contributed by atoms with Gasteiger partial charge >= 0.3 is 0 Å². The van der Waals surface area contributed by atoms with Crippen LogP contribution in [0.2, 0.25) is 0 Å². The molecule has 2 N–H and O–H groups in total. The minimum absolute atomic E-state index is 0.138. The molecule has 5 heteroatoms. The van der Waals surface area contributed by atoms with Crippen molar-refractivity contribution < 1.29 is 9.90 Å². The van der Waals surface area contributed by atoms with E-state index in [0.717, 1.165) is 45.6 Å². The maximum Gasteiger partial charge on any atom is 0.234 e. The van der Waals surface area contributed by atoms with Crippen molar-refractivity contribution in [1.82, 2.24) is 15.1 Å². The van der Waals surface area contributed by atoms with E-state index in [1.807, 2.05) is 0 Å². The Kier molecular flexibility index (Phi) is 7.23. The highest BCUT2D eigenvalue weighted by Crippen LogP contribution is 2.01. The normalized spacial score (nSPS) is 18.2. The van der Waals surface area contributed by atoms with Crippen molar-refractivity contribution in [2.75, 3.05) is 45.9 Å². The van der Waals surface area contributed by atoms with Crippen LogP contribution in [0.5, 0.6) is 0 Å². The molecule has 1 saturated heterocycles. The van der Waals surface area contributed by atoms with Crippen LogP contribution in [0.4, 0.5) is 0 Å². The Morgan fingerprint density at radius 1 is 1.17 bits per heavy atom. The summed E-state index contributed by atoms with van der Waals surface area (Å²) >= 11 is 0. The lowest BCUT2D eigenvalue weighted by Gasteiger charge is -2.34. The fraction of sp³-hybridized carbons (Fsp3) is 0.923. The number of nitrogens with one attached hydrogen (secondary N) is 1. The first-order chi connectivity index (χ1) is 8.69. The molecule has 1 heterocycles. The van der Waals surface area contributed by atoms with E-state index in [1.54, 1.807) is 0 Å². The lowest BCUT2D eigenvalue weighted by atomic mass is 10.2. The molecular formula is C13H27N3O2. The van der Waals surface area contributed by atoms with E-state index in [9.17, 15) is 4.79 Å². The zero-order chi connectivity index (χ0) is 13.4. The number of hydrogen-bond donors (Lipinski definition) is 2. The van der Waals surface area contributed by atoms with E-state index in [2.05, 4.69) is 29.0 Å². The lowest BCUT2D eigenvalue weighted by molar-refractivity contribution is -0.123. The zero-order valence-corrected chi connectivity index (χ0v) is 11.7. The van der Waals surface area contributed by atoms with Crippen LogP contribution in [0.25, 0.3) is 0 Å². The van der Waals surface area contributed by atoms with Crippen LogP contribution in [0, 0.1) is 0 Å². The van der Waals surface area contributed by atoms with Gasteiger partial charge in [-0.2, -0.15) is 0 Å². The number of nitrogens with zero attached hydrogens (tertiary/aromatic N) is 2. The molecule has 0 aromatic heterocycles. The fourth-order valence-electron chi connectivity index (χ4n) is 2.28. The minimum Gasteiger partial charge on any atom is -0.395 e. The van der Waals surface area contributed by atoms with Crippen molar-refractivity contribution in [2.45, 2.75) is 32.7 Å². The van der Waals surface area contributed by atoms with Gasteiger partial charge < -0.3 is 10.4 Å². The number of aliphatic hydroxyl groups is 1. The largest absolute Gasteiger partial charge is 0.395 e. The molecule has 0 unspecified atom stereocenters. The van der Waals surface area contributed by atoms with Gasteiger partial charge in [0.05, 0.1) is 13.2 Å². The van der Waals surface area contributed by atoms with Crippen molar-refractivity contribution in [3.05, 3.63) is 0 Å². The average Bonchev–Trinajstić information content (AvgIpc) is 2.38. The Bertz CT molecular complexity index is 236. The summed E-state index contributed by atoms with van der Waals surface area (Å²) in [4.78, 5) is 16.3. The fourth-order valence-corrected chi connectivity index (χ4v) is 2.28. The number of carbonyl (C=O) groups is 1. The monoisotopic (exact) mass is 257 g/mol. The van der Waals surface area contributed by atoms with Crippen LogP contribution in [0.1, 0.15) is 26.7 Å². The number of piperazine rings is 1.